The molecule has 0 unspecified atom stereocenters. The molecule has 5 nitrogen and oxygen atoms in total. The summed E-state index contributed by atoms with van der Waals surface area (Å²) in [4.78, 5) is 12.0. The van der Waals surface area contributed by atoms with Crippen LogP contribution in [0.2, 0.25) is 15.1 Å². The van der Waals surface area contributed by atoms with Crippen LogP contribution in [0.3, 0.4) is 0 Å². The normalized spacial score (nSPS) is 11.5. The first-order valence-electron chi connectivity index (χ1n) is 6.89. The quantitative estimate of drug-likeness (QED) is 0.602. The van der Waals surface area contributed by atoms with Crippen LogP contribution in [-0.4, -0.2) is 28.2 Å². The van der Waals surface area contributed by atoms with Crippen molar-refractivity contribution in [3.8, 4) is 11.6 Å². The minimum atomic E-state index is -4.62. The van der Waals surface area contributed by atoms with Gasteiger partial charge in [-0.3, -0.25) is 0 Å². The second-order valence-electron chi connectivity index (χ2n) is 4.91. The van der Waals surface area contributed by atoms with Gasteiger partial charge >= 0.3 is 12.2 Å². The summed E-state index contributed by atoms with van der Waals surface area (Å²) >= 11 is 23.2. The standard InChI is InChI=1S/C14H10Cl4F3N3O2/c1-6-10(18)12(23-24(6)13(25)22-3-2-15)26-11-8(16)4-7(5-9(11)17)14(19,20)21/h4-5H,2-3H2,1H3,(H,22,25). The first-order chi connectivity index (χ1) is 12.1. The molecular formula is C14H10Cl4F3N3O2. The lowest BCUT2D eigenvalue weighted by molar-refractivity contribution is -0.137. The Morgan fingerprint density at radius 2 is 1.85 bits per heavy atom. The third kappa shape index (κ3) is 4.49. The van der Waals surface area contributed by atoms with Gasteiger partial charge in [-0.05, 0) is 19.1 Å². The molecule has 0 saturated carbocycles. The van der Waals surface area contributed by atoms with Gasteiger partial charge in [-0.15, -0.1) is 16.7 Å². The molecule has 2 rings (SSSR count). The summed E-state index contributed by atoms with van der Waals surface area (Å²) in [5.41, 5.74) is -0.791. The zero-order valence-electron chi connectivity index (χ0n) is 12.9. The molecule has 1 heterocycles. The number of hydrogen-bond donors (Lipinski definition) is 1. The summed E-state index contributed by atoms with van der Waals surface area (Å²) in [5, 5.41) is 5.55. The van der Waals surface area contributed by atoms with Crippen molar-refractivity contribution in [3.63, 3.8) is 0 Å². The Morgan fingerprint density at radius 1 is 1.27 bits per heavy atom. The average Bonchev–Trinajstić information content (AvgIpc) is 2.83. The van der Waals surface area contributed by atoms with Crippen LogP contribution in [0.25, 0.3) is 0 Å². The van der Waals surface area contributed by atoms with E-state index in [2.05, 4.69) is 10.4 Å². The Kier molecular flexibility index (Phi) is 6.55. The summed E-state index contributed by atoms with van der Waals surface area (Å²) in [6.07, 6.45) is -4.62. The topological polar surface area (TPSA) is 56.2 Å². The van der Waals surface area contributed by atoms with Gasteiger partial charge in [0.15, 0.2) is 5.75 Å². The average molecular weight is 451 g/mol. The Hall–Kier alpha value is -1.35. The fourth-order valence-electron chi connectivity index (χ4n) is 1.87. The molecule has 0 spiro atoms. The number of halogens is 7. The van der Waals surface area contributed by atoms with Gasteiger partial charge in [0.05, 0.1) is 21.3 Å². The third-order valence-corrected chi connectivity index (χ3v) is 4.29. The molecule has 12 heteroatoms. The Morgan fingerprint density at radius 3 is 2.35 bits per heavy atom. The number of hydrogen-bond acceptors (Lipinski definition) is 3. The molecule has 0 fully saturated rings. The first-order valence-corrected chi connectivity index (χ1v) is 8.56. The maximum Gasteiger partial charge on any atom is 0.416 e. The van der Waals surface area contributed by atoms with Crippen LogP contribution < -0.4 is 10.1 Å². The Bertz CT molecular complexity index is 817. The predicted molar refractivity (Wildman–Crippen MR) is 93.0 cm³/mol. The number of benzene rings is 1. The van der Waals surface area contributed by atoms with Crippen molar-refractivity contribution < 1.29 is 22.7 Å². The molecular weight excluding hydrogens is 441 g/mol. The highest BCUT2D eigenvalue weighted by atomic mass is 35.5. The van der Waals surface area contributed by atoms with Gasteiger partial charge in [0.25, 0.3) is 5.88 Å². The number of carbonyl (C=O) groups is 1. The van der Waals surface area contributed by atoms with Crippen LogP contribution in [0.1, 0.15) is 11.3 Å². The minimum Gasteiger partial charge on any atom is -0.433 e. The van der Waals surface area contributed by atoms with Gasteiger partial charge in [0.1, 0.15) is 5.02 Å². The van der Waals surface area contributed by atoms with E-state index in [1.807, 2.05) is 0 Å². The van der Waals surface area contributed by atoms with E-state index in [0.717, 1.165) is 4.68 Å². The van der Waals surface area contributed by atoms with Crippen LogP contribution in [0, 0.1) is 6.92 Å². The summed E-state index contributed by atoms with van der Waals surface area (Å²) in [5.74, 6) is -0.317. The summed E-state index contributed by atoms with van der Waals surface area (Å²) < 4.78 is 44.6. The maximum absolute atomic E-state index is 12.8. The molecule has 1 aromatic carbocycles. The number of rotatable bonds is 4. The van der Waals surface area contributed by atoms with Crippen LogP contribution in [0.5, 0.6) is 11.6 Å². The summed E-state index contributed by atoms with van der Waals surface area (Å²) in [7, 11) is 0. The van der Waals surface area contributed by atoms with Crippen molar-refractivity contribution >= 4 is 52.4 Å². The van der Waals surface area contributed by atoms with E-state index in [-0.39, 0.29) is 44.8 Å². The van der Waals surface area contributed by atoms with Crippen LogP contribution in [0.4, 0.5) is 18.0 Å². The van der Waals surface area contributed by atoms with Gasteiger partial charge in [0.2, 0.25) is 0 Å². The molecule has 1 N–H and O–H groups in total. The molecule has 0 aliphatic heterocycles. The fourth-order valence-corrected chi connectivity index (χ4v) is 2.68. The zero-order valence-corrected chi connectivity index (χ0v) is 15.9. The number of alkyl halides is 4. The third-order valence-electron chi connectivity index (χ3n) is 3.10. The van der Waals surface area contributed by atoms with Crippen LogP contribution in [-0.2, 0) is 6.18 Å². The predicted octanol–water partition coefficient (Wildman–Crippen LogP) is 5.76. The Balaban J connectivity index is 2.36. The van der Waals surface area contributed by atoms with Crippen molar-refractivity contribution in [1.29, 1.82) is 0 Å². The van der Waals surface area contributed by atoms with Crippen molar-refractivity contribution in [2.24, 2.45) is 0 Å². The van der Waals surface area contributed by atoms with Crippen LogP contribution >= 0.6 is 46.4 Å². The fraction of sp³-hybridized carbons (Fsp3) is 0.286. The lowest BCUT2D eigenvalue weighted by atomic mass is 10.2. The number of amides is 1. The van der Waals surface area contributed by atoms with Crippen molar-refractivity contribution in [2.45, 2.75) is 13.1 Å². The molecule has 0 saturated heterocycles. The lowest BCUT2D eigenvalue weighted by Gasteiger charge is -2.12. The second kappa shape index (κ2) is 8.12. The van der Waals surface area contributed by atoms with Crippen molar-refractivity contribution in [3.05, 3.63) is 38.5 Å². The SMILES string of the molecule is Cc1c(Cl)c(Oc2c(Cl)cc(C(F)(F)F)cc2Cl)nn1C(=O)NCCCl. The molecule has 0 aliphatic rings. The van der Waals surface area contributed by atoms with Crippen molar-refractivity contribution in [2.75, 3.05) is 12.4 Å². The van der Waals surface area contributed by atoms with E-state index < -0.39 is 17.8 Å². The van der Waals surface area contributed by atoms with E-state index in [9.17, 15) is 18.0 Å². The van der Waals surface area contributed by atoms with Crippen LogP contribution in [0.15, 0.2) is 12.1 Å². The smallest absolute Gasteiger partial charge is 0.416 e. The summed E-state index contributed by atoms with van der Waals surface area (Å²) in [6, 6.07) is 0.714. The number of aromatic nitrogens is 2. The van der Waals surface area contributed by atoms with Crippen molar-refractivity contribution in [1.82, 2.24) is 15.1 Å². The van der Waals surface area contributed by atoms with E-state index >= 15 is 0 Å². The largest absolute Gasteiger partial charge is 0.433 e. The lowest BCUT2D eigenvalue weighted by Crippen LogP contribution is -2.31. The highest BCUT2D eigenvalue weighted by molar-refractivity contribution is 6.37. The molecule has 142 valence electrons. The maximum atomic E-state index is 12.8. The summed E-state index contributed by atoms with van der Waals surface area (Å²) in [6.45, 7) is 1.70. The highest BCUT2D eigenvalue weighted by Crippen LogP contribution is 2.42. The zero-order chi connectivity index (χ0) is 19.6. The molecule has 0 bridgehead atoms. The Labute approximate surface area is 165 Å². The minimum absolute atomic E-state index is 0.0296. The van der Waals surface area contributed by atoms with E-state index in [1.165, 1.54) is 6.92 Å². The van der Waals surface area contributed by atoms with E-state index in [4.69, 9.17) is 51.1 Å². The highest BCUT2D eigenvalue weighted by Gasteiger charge is 2.32. The number of carbonyl (C=O) groups excluding carboxylic acids is 1. The number of nitrogens with one attached hydrogen (secondary N) is 1. The molecule has 0 radical (unpaired) electrons. The van der Waals surface area contributed by atoms with Gasteiger partial charge in [0, 0.05) is 12.4 Å². The van der Waals surface area contributed by atoms with Gasteiger partial charge < -0.3 is 10.1 Å². The number of ether oxygens (including phenoxy) is 1. The molecule has 0 atom stereocenters. The molecule has 0 aliphatic carbocycles. The molecule has 1 amide bonds. The van der Waals surface area contributed by atoms with Gasteiger partial charge in [-0.2, -0.15) is 17.9 Å². The van der Waals surface area contributed by atoms with Gasteiger partial charge in [-0.1, -0.05) is 34.8 Å². The second-order valence-corrected chi connectivity index (χ2v) is 6.48. The molecule has 2 aromatic rings. The molecule has 26 heavy (non-hydrogen) atoms. The van der Waals surface area contributed by atoms with E-state index in [1.54, 1.807) is 0 Å². The van der Waals surface area contributed by atoms with E-state index in [0.29, 0.717) is 12.1 Å². The molecule has 1 aromatic heterocycles. The van der Waals surface area contributed by atoms with Gasteiger partial charge in [-0.25, -0.2) is 4.79 Å². The monoisotopic (exact) mass is 449 g/mol. The first kappa shape index (κ1) is 21.0. The number of nitrogens with zero attached hydrogens (tertiary/aromatic N) is 2.